The Morgan fingerprint density at radius 1 is 1.22 bits per heavy atom. The number of hydrogen-bond donors (Lipinski definition) is 2. The third-order valence-corrected chi connectivity index (χ3v) is 4.92. The molecule has 1 aromatic carbocycles. The van der Waals surface area contributed by atoms with Crippen molar-refractivity contribution in [1.82, 2.24) is 4.31 Å². The van der Waals surface area contributed by atoms with E-state index in [1.54, 1.807) is 18.2 Å². The Bertz CT molecular complexity index is 527. The Hall–Kier alpha value is -0.790. The topological polar surface area (TPSA) is 75.4 Å². The molecule has 1 aliphatic rings. The maximum atomic E-state index is 12.1. The number of rotatable bonds is 3. The van der Waals surface area contributed by atoms with Crippen LogP contribution in [0.5, 0.6) is 0 Å². The molecule has 1 aromatic rings. The summed E-state index contributed by atoms with van der Waals surface area (Å²) in [6.07, 6.45) is 2.92. The number of nitrogens with zero attached hydrogens (tertiary/aromatic N) is 1. The summed E-state index contributed by atoms with van der Waals surface area (Å²) in [5.41, 5.74) is 6.61. The molecule has 0 aromatic heterocycles. The normalized spacial score (nSPS) is 17.6. The molecule has 2 rings (SSSR count). The van der Waals surface area contributed by atoms with Gasteiger partial charge in [-0.05, 0) is 31.0 Å². The molecule has 1 aliphatic heterocycles. The molecule has 1 saturated heterocycles. The van der Waals surface area contributed by atoms with Crippen LogP contribution in [0.3, 0.4) is 0 Å². The van der Waals surface area contributed by atoms with Crippen molar-refractivity contribution in [3.05, 3.63) is 22.7 Å². The van der Waals surface area contributed by atoms with Gasteiger partial charge in [-0.15, -0.1) is 0 Å². The lowest BCUT2D eigenvalue weighted by Crippen LogP contribution is -2.39. The minimum Gasteiger partial charge on any atom is -0.397 e. The van der Waals surface area contributed by atoms with E-state index in [2.05, 4.69) is 20.7 Å². The molecule has 7 heteroatoms. The van der Waals surface area contributed by atoms with E-state index in [0.717, 1.165) is 23.7 Å². The van der Waals surface area contributed by atoms with Crippen LogP contribution in [0.1, 0.15) is 19.3 Å². The van der Waals surface area contributed by atoms with Crippen molar-refractivity contribution < 1.29 is 8.42 Å². The van der Waals surface area contributed by atoms with Gasteiger partial charge in [0.25, 0.3) is 0 Å². The number of hydrogen-bond acceptors (Lipinski definition) is 3. The summed E-state index contributed by atoms with van der Waals surface area (Å²) in [6, 6.07) is 5.08. The van der Waals surface area contributed by atoms with Crippen molar-refractivity contribution >= 4 is 37.5 Å². The smallest absolute Gasteiger partial charge is 0.301 e. The molecule has 1 heterocycles. The van der Waals surface area contributed by atoms with Gasteiger partial charge >= 0.3 is 10.2 Å². The fraction of sp³-hybridized carbons (Fsp3) is 0.455. The van der Waals surface area contributed by atoms with Gasteiger partial charge in [-0.1, -0.05) is 22.4 Å². The fourth-order valence-corrected chi connectivity index (χ4v) is 3.65. The molecule has 0 bridgehead atoms. The number of nitrogens with one attached hydrogen (secondary N) is 1. The number of nitrogens with two attached hydrogens (primary N) is 1. The van der Waals surface area contributed by atoms with Crippen LogP contribution < -0.4 is 10.5 Å². The molecule has 0 amide bonds. The van der Waals surface area contributed by atoms with E-state index >= 15 is 0 Å². The molecular weight excluding hydrogens is 318 g/mol. The van der Waals surface area contributed by atoms with Gasteiger partial charge in [0.05, 0.1) is 11.4 Å². The monoisotopic (exact) mass is 333 g/mol. The highest BCUT2D eigenvalue weighted by Gasteiger charge is 2.24. The molecule has 0 atom stereocenters. The van der Waals surface area contributed by atoms with Crippen molar-refractivity contribution in [2.75, 3.05) is 23.5 Å². The van der Waals surface area contributed by atoms with Crippen LogP contribution in [0.25, 0.3) is 0 Å². The third-order valence-electron chi connectivity index (χ3n) is 2.91. The maximum absolute atomic E-state index is 12.1. The second-order valence-electron chi connectivity index (χ2n) is 4.30. The molecular formula is C11H16BrN3O2S. The third kappa shape index (κ3) is 3.15. The number of nitrogen functional groups attached to an aromatic ring is 1. The van der Waals surface area contributed by atoms with Gasteiger partial charge in [0, 0.05) is 17.6 Å². The summed E-state index contributed by atoms with van der Waals surface area (Å²) in [5, 5.41) is 0. The van der Waals surface area contributed by atoms with Crippen molar-refractivity contribution in [1.29, 1.82) is 0 Å². The van der Waals surface area contributed by atoms with Gasteiger partial charge in [-0.2, -0.15) is 12.7 Å². The second-order valence-corrected chi connectivity index (χ2v) is 6.88. The highest BCUT2D eigenvalue weighted by Crippen LogP contribution is 2.25. The zero-order valence-electron chi connectivity index (χ0n) is 9.89. The van der Waals surface area contributed by atoms with Crippen molar-refractivity contribution in [2.45, 2.75) is 19.3 Å². The molecule has 100 valence electrons. The lowest BCUT2D eigenvalue weighted by Gasteiger charge is -2.26. The largest absolute Gasteiger partial charge is 0.397 e. The van der Waals surface area contributed by atoms with Crippen LogP contribution >= 0.6 is 15.9 Å². The van der Waals surface area contributed by atoms with Crippen molar-refractivity contribution in [3.8, 4) is 0 Å². The molecule has 0 saturated carbocycles. The van der Waals surface area contributed by atoms with Crippen LogP contribution in [0.4, 0.5) is 11.4 Å². The Kier molecular flexibility index (Phi) is 4.14. The summed E-state index contributed by atoms with van der Waals surface area (Å²) in [6.45, 7) is 1.15. The molecule has 3 N–H and O–H groups in total. The SMILES string of the molecule is Nc1cc(Br)ccc1NS(=O)(=O)N1CCCCC1. The van der Waals surface area contributed by atoms with E-state index in [1.165, 1.54) is 4.31 Å². The van der Waals surface area contributed by atoms with E-state index < -0.39 is 10.2 Å². The highest BCUT2D eigenvalue weighted by molar-refractivity contribution is 9.10. The van der Waals surface area contributed by atoms with Gasteiger partial charge in [0.2, 0.25) is 0 Å². The summed E-state index contributed by atoms with van der Waals surface area (Å²) in [7, 11) is -3.48. The minimum atomic E-state index is -3.48. The van der Waals surface area contributed by atoms with Crippen molar-refractivity contribution in [3.63, 3.8) is 0 Å². The van der Waals surface area contributed by atoms with E-state index in [9.17, 15) is 8.42 Å². The number of halogens is 1. The van der Waals surface area contributed by atoms with E-state index in [4.69, 9.17) is 5.73 Å². The fourth-order valence-electron chi connectivity index (χ4n) is 1.94. The van der Waals surface area contributed by atoms with E-state index in [-0.39, 0.29) is 0 Å². The summed E-state index contributed by atoms with van der Waals surface area (Å²) in [5.74, 6) is 0. The molecule has 18 heavy (non-hydrogen) atoms. The molecule has 0 spiro atoms. The van der Waals surface area contributed by atoms with Crippen LogP contribution in [0.2, 0.25) is 0 Å². The lowest BCUT2D eigenvalue weighted by atomic mass is 10.2. The van der Waals surface area contributed by atoms with E-state index in [1.807, 2.05) is 0 Å². The first-order valence-electron chi connectivity index (χ1n) is 5.82. The Morgan fingerprint density at radius 3 is 2.50 bits per heavy atom. The predicted molar refractivity (Wildman–Crippen MR) is 76.5 cm³/mol. The molecule has 1 fully saturated rings. The summed E-state index contributed by atoms with van der Waals surface area (Å²) in [4.78, 5) is 0. The maximum Gasteiger partial charge on any atom is 0.301 e. The molecule has 0 radical (unpaired) electrons. The first-order valence-corrected chi connectivity index (χ1v) is 8.05. The summed E-state index contributed by atoms with van der Waals surface area (Å²) < 4.78 is 29.1. The van der Waals surface area contributed by atoms with Crippen LogP contribution in [0, 0.1) is 0 Å². The van der Waals surface area contributed by atoms with Gasteiger partial charge in [-0.3, -0.25) is 4.72 Å². The van der Waals surface area contributed by atoms with Crippen LogP contribution in [0.15, 0.2) is 22.7 Å². The Labute approximate surface area is 116 Å². The number of piperidine rings is 1. The van der Waals surface area contributed by atoms with Crippen LogP contribution in [-0.4, -0.2) is 25.8 Å². The summed E-state index contributed by atoms with van der Waals surface area (Å²) >= 11 is 3.28. The van der Waals surface area contributed by atoms with Gasteiger partial charge in [-0.25, -0.2) is 0 Å². The van der Waals surface area contributed by atoms with Crippen molar-refractivity contribution in [2.24, 2.45) is 0 Å². The molecule has 0 unspecified atom stereocenters. The zero-order valence-corrected chi connectivity index (χ0v) is 12.3. The average Bonchev–Trinajstić information content (AvgIpc) is 2.34. The standard InChI is InChI=1S/C11H16BrN3O2S/c12-9-4-5-11(10(13)8-9)14-18(16,17)15-6-2-1-3-7-15/h4-5,8,14H,1-3,6-7,13H2. The Balaban J connectivity index is 2.16. The minimum absolute atomic E-state index is 0.407. The molecule has 5 nitrogen and oxygen atoms in total. The first kappa shape index (κ1) is 13.6. The van der Waals surface area contributed by atoms with Gasteiger partial charge in [0.1, 0.15) is 0 Å². The van der Waals surface area contributed by atoms with Crippen LogP contribution in [-0.2, 0) is 10.2 Å². The highest BCUT2D eigenvalue weighted by atomic mass is 79.9. The average molecular weight is 334 g/mol. The predicted octanol–water partition coefficient (Wildman–Crippen LogP) is 2.17. The number of benzene rings is 1. The van der Waals surface area contributed by atoms with E-state index in [0.29, 0.717) is 24.5 Å². The first-order chi connectivity index (χ1) is 8.49. The van der Waals surface area contributed by atoms with Gasteiger partial charge in [0.15, 0.2) is 0 Å². The zero-order chi connectivity index (χ0) is 13.2. The number of anilines is 2. The van der Waals surface area contributed by atoms with Gasteiger partial charge < -0.3 is 5.73 Å². The lowest BCUT2D eigenvalue weighted by molar-refractivity contribution is 0.349. The Morgan fingerprint density at radius 2 is 1.89 bits per heavy atom. The quantitative estimate of drug-likeness (QED) is 0.832. The molecule has 0 aliphatic carbocycles. The second kappa shape index (κ2) is 5.46.